The molecular formula is C11H14N2O. The number of nitrogens with zero attached hydrogens (tertiary/aromatic N) is 1. The number of hydrazine groups is 1. The summed E-state index contributed by atoms with van der Waals surface area (Å²) >= 11 is 0. The van der Waals surface area contributed by atoms with E-state index in [0.29, 0.717) is 0 Å². The van der Waals surface area contributed by atoms with Crippen molar-refractivity contribution in [3.05, 3.63) is 42.6 Å². The molecule has 14 heavy (non-hydrogen) atoms. The lowest BCUT2D eigenvalue weighted by Crippen LogP contribution is -2.35. The Hall–Kier alpha value is -1.48. The van der Waals surface area contributed by atoms with Crippen molar-refractivity contribution in [2.45, 2.75) is 12.8 Å². The summed E-state index contributed by atoms with van der Waals surface area (Å²) < 4.78 is 0. The summed E-state index contributed by atoms with van der Waals surface area (Å²) in [4.78, 5) is 5.57. The van der Waals surface area contributed by atoms with E-state index >= 15 is 0 Å². The molecule has 0 radical (unpaired) electrons. The number of hydrogen-bond donors (Lipinski definition) is 1. The van der Waals surface area contributed by atoms with E-state index in [2.05, 4.69) is 11.5 Å². The predicted octanol–water partition coefficient (Wildman–Crippen LogP) is 2.09. The van der Waals surface area contributed by atoms with Gasteiger partial charge < -0.3 is 4.84 Å². The number of rotatable bonds is 2. The van der Waals surface area contributed by atoms with Gasteiger partial charge in [0.15, 0.2) is 5.75 Å². The maximum absolute atomic E-state index is 5.57. The average Bonchev–Trinajstić information content (AvgIpc) is 2.48. The second-order valence-electron chi connectivity index (χ2n) is 3.17. The monoisotopic (exact) mass is 190 g/mol. The molecule has 1 aromatic carbocycles. The first kappa shape index (κ1) is 9.09. The summed E-state index contributed by atoms with van der Waals surface area (Å²) in [6, 6.07) is 9.74. The van der Waals surface area contributed by atoms with Crippen molar-refractivity contribution >= 4 is 0 Å². The highest BCUT2D eigenvalue weighted by atomic mass is 16.7. The molecule has 0 unspecified atom stereocenters. The van der Waals surface area contributed by atoms with Gasteiger partial charge in [0.05, 0.1) is 6.20 Å². The molecule has 3 nitrogen and oxygen atoms in total. The Morgan fingerprint density at radius 1 is 1.21 bits per heavy atom. The van der Waals surface area contributed by atoms with E-state index in [-0.39, 0.29) is 0 Å². The zero-order valence-electron chi connectivity index (χ0n) is 8.02. The first-order chi connectivity index (χ1) is 6.95. The highest BCUT2D eigenvalue weighted by Crippen LogP contribution is 2.10. The third-order valence-electron chi connectivity index (χ3n) is 2.00. The van der Waals surface area contributed by atoms with Crippen LogP contribution in [0, 0.1) is 0 Å². The number of nitrogens with one attached hydrogen (secondary N) is 1. The zero-order chi connectivity index (χ0) is 9.64. The molecule has 74 valence electrons. The van der Waals surface area contributed by atoms with Crippen molar-refractivity contribution in [2.24, 2.45) is 0 Å². The molecule has 3 heteroatoms. The minimum Gasteiger partial charge on any atom is -0.365 e. The van der Waals surface area contributed by atoms with Crippen LogP contribution in [0.1, 0.15) is 12.8 Å². The largest absolute Gasteiger partial charge is 0.365 e. The molecule has 1 heterocycles. The smallest absolute Gasteiger partial charge is 0.157 e. The second kappa shape index (κ2) is 4.67. The van der Waals surface area contributed by atoms with Crippen LogP contribution in [-0.4, -0.2) is 11.7 Å². The van der Waals surface area contributed by atoms with Crippen LogP contribution in [0.5, 0.6) is 5.75 Å². The van der Waals surface area contributed by atoms with E-state index in [1.807, 2.05) is 36.5 Å². The third kappa shape index (κ3) is 2.50. The maximum atomic E-state index is 5.57. The summed E-state index contributed by atoms with van der Waals surface area (Å²) in [6.07, 6.45) is 6.26. The summed E-state index contributed by atoms with van der Waals surface area (Å²) in [5.74, 6) is 0.839. The normalized spacial score (nSPS) is 16.4. The van der Waals surface area contributed by atoms with E-state index < -0.39 is 0 Å². The number of benzene rings is 1. The molecule has 0 fully saturated rings. The van der Waals surface area contributed by atoms with Gasteiger partial charge in [0.1, 0.15) is 0 Å². The van der Waals surface area contributed by atoms with Gasteiger partial charge in [-0.1, -0.05) is 24.3 Å². The first-order valence-corrected chi connectivity index (χ1v) is 4.87. The van der Waals surface area contributed by atoms with Gasteiger partial charge in [0, 0.05) is 6.54 Å². The fraction of sp³-hybridized carbons (Fsp3) is 0.273. The lowest BCUT2D eigenvalue weighted by atomic mass is 10.3. The number of para-hydroxylation sites is 1. The Morgan fingerprint density at radius 3 is 2.93 bits per heavy atom. The Morgan fingerprint density at radius 2 is 2.07 bits per heavy atom. The highest BCUT2D eigenvalue weighted by molar-refractivity contribution is 5.20. The average molecular weight is 190 g/mol. The molecule has 1 aromatic rings. The first-order valence-electron chi connectivity index (χ1n) is 4.87. The molecule has 0 atom stereocenters. The van der Waals surface area contributed by atoms with Gasteiger partial charge in [-0.05, 0) is 25.0 Å². The van der Waals surface area contributed by atoms with Crippen LogP contribution in [0.2, 0.25) is 0 Å². The van der Waals surface area contributed by atoms with Crippen LogP contribution in [0.4, 0.5) is 0 Å². The predicted molar refractivity (Wildman–Crippen MR) is 55.3 cm³/mol. The Labute approximate surface area is 83.9 Å². The number of hydrogen-bond acceptors (Lipinski definition) is 3. The topological polar surface area (TPSA) is 24.5 Å². The molecular weight excluding hydrogens is 176 g/mol. The van der Waals surface area contributed by atoms with Gasteiger partial charge in [-0.25, -0.2) is 5.43 Å². The lowest BCUT2D eigenvalue weighted by Gasteiger charge is -2.19. The highest BCUT2D eigenvalue weighted by Gasteiger charge is 2.02. The summed E-state index contributed by atoms with van der Waals surface area (Å²) in [6.45, 7) is 0.944. The Bertz CT molecular complexity index is 297. The van der Waals surface area contributed by atoms with E-state index in [0.717, 1.165) is 25.1 Å². The third-order valence-corrected chi connectivity index (χ3v) is 2.00. The molecule has 1 aliphatic rings. The second-order valence-corrected chi connectivity index (χ2v) is 3.17. The van der Waals surface area contributed by atoms with Crippen molar-refractivity contribution < 1.29 is 4.84 Å². The SMILES string of the molecule is C1=CN(Oc2ccccc2)NCCC1. The molecule has 0 saturated heterocycles. The van der Waals surface area contributed by atoms with E-state index in [1.54, 1.807) is 5.17 Å². The van der Waals surface area contributed by atoms with E-state index in [1.165, 1.54) is 0 Å². The van der Waals surface area contributed by atoms with Gasteiger partial charge in [-0.2, -0.15) is 0 Å². The van der Waals surface area contributed by atoms with Gasteiger partial charge in [-0.3, -0.25) is 0 Å². The van der Waals surface area contributed by atoms with Crippen molar-refractivity contribution in [1.82, 2.24) is 10.6 Å². The van der Waals surface area contributed by atoms with Crippen LogP contribution in [0.25, 0.3) is 0 Å². The molecule has 0 spiro atoms. The van der Waals surface area contributed by atoms with Crippen molar-refractivity contribution in [3.8, 4) is 5.75 Å². The molecule has 0 bridgehead atoms. The van der Waals surface area contributed by atoms with Crippen molar-refractivity contribution in [1.29, 1.82) is 0 Å². The number of hydroxylamine groups is 1. The van der Waals surface area contributed by atoms with E-state index in [9.17, 15) is 0 Å². The fourth-order valence-corrected chi connectivity index (χ4v) is 1.29. The standard InChI is InChI=1S/C11H14N2O/c1-3-7-11(8-4-1)14-13-10-6-2-5-9-12-13/h1,3-4,6-8,10,12H,2,5,9H2. The molecule has 0 aliphatic carbocycles. The minimum absolute atomic E-state index is 0.839. The van der Waals surface area contributed by atoms with Crippen LogP contribution >= 0.6 is 0 Å². The Balaban J connectivity index is 1.96. The van der Waals surface area contributed by atoms with Gasteiger partial charge in [0.25, 0.3) is 0 Å². The molecule has 0 saturated carbocycles. The summed E-state index contributed by atoms with van der Waals surface area (Å²) in [7, 11) is 0. The zero-order valence-corrected chi connectivity index (χ0v) is 8.02. The van der Waals surface area contributed by atoms with E-state index in [4.69, 9.17) is 4.84 Å². The lowest BCUT2D eigenvalue weighted by molar-refractivity contribution is -0.0547. The summed E-state index contributed by atoms with van der Waals surface area (Å²) in [5.41, 5.74) is 3.15. The van der Waals surface area contributed by atoms with Crippen molar-refractivity contribution in [3.63, 3.8) is 0 Å². The quantitative estimate of drug-likeness (QED) is 0.772. The van der Waals surface area contributed by atoms with Crippen LogP contribution in [0.15, 0.2) is 42.6 Å². The molecule has 1 aliphatic heterocycles. The molecule has 2 rings (SSSR count). The van der Waals surface area contributed by atoms with Gasteiger partial charge >= 0.3 is 0 Å². The molecule has 1 N–H and O–H groups in total. The minimum atomic E-state index is 0.839. The molecule has 0 aromatic heterocycles. The van der Waals surface area contributed by atoms with Crippen LogP contribution in [-0.2, 0) is 0 Å². The Kier molecular flexibility index (Phi) is 3.03. The summed E-state index contributed by atoms with van der Waals surface area (Å²) in [5, 5.41) is 1.66. The van der Waals surface area contributed by atoms with Gasteiger partial charge in [-0.15, -0.1) is 5.17 Å². The maximum Gasteiger partial charge on any atom is 0.157 e. The fourth-order valence-electron chi connectivity index (χ4n) is 1.29. The van der Waals surface area contributed by atoms with Crippen molar-refractivity contribution in [2.75, 3.05) is 6.54 Å². The molecule has 0 amide bonds. The van der Waals surface area contributed by atoms with Crippen LogP contribution in [0.3, 0.4) is 0 Å². The number of allylic oxidation sites excluding steroid dienone is 1. The van der Waals surface area contributed by atoms with Crippen LogP contribution < -0.4 is 10.3 Å². The van der Waals surface area contributed by atoms with Gasteiger partial charge in [0.2, 0.25) is 0 Å².